The first kappa shape index (κ1) is 9.46. The van der Waals surface area contributed by atoms with E-state index in [1.807, 2.05) is 6.07 Å². The first-order valence-electron chi connectivity index (χ1n) is 3.98. The van der Waals surface area contributed by atoms with Crippen LogP contribution in [0.25, 0.3) is 0 Å². The third-order valence-electron chi connectivity index (χ3n) is 1.71. The second-order valence-corrected chi connectivity index (χ2v) is 2.67. The van der Waals surface area contributed by atoms with E-state index in [1.54, 1.807) is 6.07 Å². The first-order chi connectivity index (χ1) is 6.27. The van der Waals surface area contributed by atoms with Crippen molar-refractivity contribution in [2.45, 2.75) is 12.8 Å². The zero-order valence-electron chi connectivity index (χ0n) is 7.13. The Balaban J connectivity index is 2.89. The van der Waals surface area contributed by atoms with Crippen molar-refractivity contribution < 1.29 is 4.39 Å². The van der Waals surface area contributed by atoms with E-state index in [2.05, 4.69) is 4.98 Å². The fraction of sp³-hybridized carbons (Fsp3) is 0.333. The number of aromatic nitrogens is 1. The van der Waals surface area contributed by atoms with Gasteiger partial charge in [-0.3, -0.25) is 4.39 Å². The second kappa shape index (κ2) is 4.41. The number of alkyl halides is 1. The van der Waals surface area contributed by atoms with Crippen molar-refractivity contribution in [1.29, 1.82) is 5.26 Å². The molecular weight excluding hydrogens is 169 g/mol. The lowest BCUT2D eigenvalue weighted by Gasteiger charge is -2.02. The Labute approximate surface area is 76.0 Å². The average Bonchev–Trinajstić information content (AvgIpc) is 2.15. The molecule has 0 bridgehead atoms. The number of nitrogens with zero attached hydrogens (tertiary/aromatic N) is 2. The van der Waals surface area contributed by atoms with E-state index >= 15 is 0 Å². The lowest BCUT2D eigenvalue weighted by molar-refractivity contribution is 0.473. The van der Waals surface area contributed by atoms with Crippen molar-refractivity contribution in [3.8, 4) is 6.07 Å². The molecule has 0 fully saturated rings. The van der Waals surface area contributed by atoms with Gasteiger partial charge >= 0.3 is 0 Å². The summed E-state index contributed by atoms with van der Waals surface area (Å²) in [5.74, 6) is 0.368. The summed E-state index contributed by atoms with van der Waals surface area (Å²) in [5.41, 5.74) is 6.69. The lowest BCUT2D eigenvalue weighted by atomic mass is 10.1. The fourth-order valence-corrected chi connectivity index (χ4v) is 1.08. The van der Waals surface area contributed by atoms with Gasteiger partial charge in [0.2, 0.25) is 0 Å². The summed E-state index contributed by atoms with van der Waals surface area (Å²) in [6, 6.07) is 3.61. The molecule has 0 aromatic carbocycles. The summed E-state index contributed by atoms with van der Waals surface area (Å²) in [5, 5.41) is 8.68. The molecule has 0 amide bonds. The van der Waals surface area contributed by atoms with Crippen LogP contribution in [0.5, 0.6) is 0 Å². The molecule has 4 heteroatoms. The molecule has 1 aromatic rings. The van der Waals surface area contributed by atoms with Crippen molar-refractivity contribution in [2.24, 2.45) is 0 Å². The number of anilines is 1. The highest BCUT2D eigenvalue weighted by Gasteiger charge is 2.02. The molecule has 0 aliphatic heterocycles. The van der Waals surface area contributed by atoms with Gasteiger partial charge in [0, 0.05) is 6.20 Å². The Hall–Kier alpha value is -1.63. The molecule has 3 nitrogen and oxygen atoms in total. The Bertz CT molecular complexity index is 330. The quantitative estimate of drug-likeness (QED) is 0.763. The minimum absolute atomic E-state index is 0.368. The standard InChI is InChI=1S/C9H10FN3/c10-3-1-2-7-4-9(12)13-6-8(7)5-11/h4,6H,1-3H2,(H2,12,13). The van der Waals surface area contributed by atoms with E-state index in [0.717, 1.165) is 5.56 Å². The Morgan fingerprint density at radius 3 is 3.00 bits per heavy atom. The number of rotatable bonds is 3. The third-order valence-corrected chi connectivity index (χ3v) is 1.71. The molecule has 0 radical (unpaired) electrons. The van der Waals surface area contributed by atoms with Crippen molar-refractivity contribution >= 4 is 5.82 Å². The van der Waals surface area contributed by atoms with Gasteiger partial charge in [-0.2, -0.15) is 5.26 Å². The maximum atomic E-state index is 11.9. The van der Waals surface area contributed by atoms with E-state index in [-0.39, 0.29) is 6.67 Å². The van der Waals surface area contributed by atoms with Crippen molar-refractivity contribution in [1.82, 2.24) is 4.98 Å². The molecule has 0 unspecified atom stereocenters. The maximum Gasteiger partial charge on any atom is 0.123 e. The number of pyridine rings is 1. The van der Waals surface area contributed by atoms with E-state index < -0.39 is 0 Å². The molecule has 1 aromatic heterocycles. The summed E-state index contributed by atoms with van der Waals surface area (Å²) >= 11 is 0. The van der Waals surface area contributed by atoms with Crippen molar-refractivity contribution in [3.05, 3.63) is 23.4 Å². The fourth-order valence-electron chi connectivity index (χ4n) is 1.08. The molecule has 0 saturated carbocycles. The number of nitrogen functional groups attached to an aromatic ring is 1. The highest BCUT2D eigenvalue weighted by atomic mass is 19.1. The largest absolute Gasteiger partial charge is 0.384 e. The predicted octanol–water partition coefficient (Wildman–Crippen LogP) is 1.44. The molecule has 1 heterocycles. The third kappa shape index (κ3) is 2.41. The topological polar surface area (TPSA) is 62.7 Å². The van der Waals surface area contributed by atoms with E-state index in [1.165, 1.54) is 6.20 Å². The minimum Gasteiger partial charge on any atom is -0.384 e. The SMILES string of the molecule is N#Cc1cnc(N)cc1CCCF. The monoisotopic (exact) mass is 179 g/mol. The zero-order valence-corrected chi connectivity index (χ0v) is 7.13. The van der Waals surface area contributed by atoms with Gasteiger partial charge in [-0.25, -0.2) is 4.98 Å². The van der Waals surface area contributed by atoms with Gasteiger partial charge in [0.15, 0.2) is 0 Å². The number of halogens is 1. The molecule has 13 heavy (non-hydrogen) atoms. The summed E-state index contributed by atoms with van der Waals surface area (Å²) in [6.07, 6.45) is 2.37. The summed E-state index contributed by atoms with van der Waals surface area (Å²) in [4.78, 5) is 3.78. The molecule has 0 atom stereocenters. The van der Waals surface area contributed by atoms with Gasteiger partial charge < -0.3 is 5.73 Å². The Morgan fingerprint density at radius 2 is 2.38 bits per heavy atom. The molecule has 0 saturated heterocycles. The van der Waals surface area contributed by atoms with Gasteiger partial charge in [-0.15, -0.1) is 0 Å². The van der Waals surface area contributed by atoms with E-state index in [9.17, 15) is 4.39 Å². The Kier molecular flexibility index (Phi) is 3.21. The van der Waals surface area contributed by atoms with Crippen LogP contribution in [-0.2, 0) is 6.42 Å². The van der Waals surface area contributed by atoms with Gasteiger partial charge in [0.05, 0.1) is 12.2 Å². The van der Waals surface area contributed by atoms with Crippen LogP contribution < -0.4 is 5.73 Å². The molecule has 0 aliphatic carbocycles. The highest BCUT2D eigenvalue weighted by molar-refractivity contribution is 5.42. The smallest absolute Gasteiger partial charge is 0.123 e. The number of aryl methyl sites for hydroxylation is 1. The van der Waals surface area contributed by atoms with Crippen molar-refractivity contribution in [2.75, 3.05) is 12.4 Å². The van der Waals surface area contributed by atoms with Gasteiger partial charge in [0.25, 0.3) is 0 Å². The van der Waals surface area contributed by atoms with Gasteiger partial charge in [-0.1, -0.05) is 0 Å². The van der Waals surface area contributed by atoms with Crippen LogP contribution in [0.1, 0.15) is 17.5 Å². The van der Waals surface area contributed by atoms with Crippen LogP contribution >= 0.6 is 0 Å². The summed E-state index contributed by atoms with van der Waals surface area (Å²) < 4.78 is 11.9. The van der Waals surface area contributed by atoms with Gasteiger partial charge in [0.1, 0.15) is 11.9 Å². The molecule has 0 aliphatic rings. The van der Waals surface area contributed by atoms with E-state index in [0.29, 0.717) is 24.2 Å². The predicted molar refractivity (Wildman–Crippen MR) is 47.7 cm³/mol. The van der Waals surface area contributed by atoms with Gasteiger partial charge in [-0.05, 0) is 24.5 Å². The number of nitriles is 1. The second-order valence-electron chi connectivity index (χ2n) is 2.67. The first-order valence-corrected chi connectivity index (χ1v) is 3.98. The summed E-state index contributed by atoms with van der Waals surface area (Å²) in [6.45, 7) is -0.382. The van der Waals surface area contributed by atoms with Crippen molar-refractivity contribution in [3.63, 3.8) is 0 Å². The van der Waals surface area contributed by atoms with E-state index in [4.69, 9.17) is 11.0 Å². The molecule has 0 spiro atoms. The maximum absolute atomic E-state index is 11.9. The van der Waals surface area contributed by atoms with Crippen LogP contribution in [0.2, 0.25) is 0 Å². The highest BCUT2D eigenvalue weighted by Crippen LogP contribution is 2.11. The molecule has 1 rings (SSSR count). The lowest BCUT2D eigenvalue weighted by Crippen LogP contribution is -1.97. The summed E-state index contributed by atoms with van der Waals surface area (Å²) in [7, 11) is 0. The number of hydrogen-bond donors (Lipinski definition) is 1. The normalized spacial score (nSPS) is 9.54. The van der Waals surface area contributed by atoms with Crippen LogP contribution in [0.3, 0.4) is 0 Å². The molecule has 68 valence electrons. The number of hydrogen-bond acceptors (Lipinski definition) is 3. The Morgan fingerprint density at radius 1 is 1.62 bits per heavy atom. The van der Waals surface area contributed by atoms with Crippen LogP contribution in [0.15, 0.2) is 12.3 Å². The zero-order chi connectivity index (χ0) is 9.68. The average molecular weight is 179 g/mol. The molecular formula is C9H10FN3. The number of nitrogens with two attached hydrogens (primary N) is 1. The van der Waals surface area contributed by atoms with Crippen LogP contribution in [-0.4, -0.2) is 11.7 Å². The molecule has 2 N–H and O–H groups in total. The van der Waals surface area contributed by atoms with Crippen LogP contribution in [0.4, 0.5) is 10.2 Å². The minimum atomic E-state index is -0.382. The van der Waals surface area contributed by atoms with Crippen LogP contribution in [0, 0.1) is 11.3 Å².